The van der Waals surface area contributed by atoms with Crippen molar-refractivity contribution in [2.24, 2.45) is 4.99 Å². The maximum atomic E-state index is 12.7. The number of nitrogens with zero attached hydrogens (tertiary/aromatic N) is 3. The van der Waals surface area contributed by atoms with E-state index in [-0.39, 0.29) is 12.5 Å². The number of fused-ring (bicyclic) bond motifs is 4. The summed E-state index contributed by atoms with van der Waals surface area (Å²) < 4.78 is 0. The summed E-state index contributed by atoms with van der Waals surface area (Å²) in [6.45, 7) is 3.85. The van der Waals surface area contributed by atoms with Crippen LogP contribution in [0.25, 0.3) is 5.57 Å². The van der Waals surface area contributed by atoms with Crippen molar-refractivity contribution < 1.29 is 9.90 Å². The summed E-state index contributed by atoms with van der Waals surface area (Å²) >= 11 is 0. The van der Waals surface area contributed by atoms with E-state index in [0.29, 0.717) is 18.7 Å². The molecule has 1 amide bonds. The third-order valence-electron chi connectivity index (χ3n) is 5.32. The number of rotatable bonds is 4. The van der Waals surface area contributed by atoms with Gasteiger partial charge in [-0.25, -0.2) is 0 Å². The van der Waals surface area contributed by atoms with Gasteiger partial charge in [0, 0.05) is 43.6 Å². The molecule has 3 aliphatic rings. The van der Waals surface area contributed by atoms with Crippen molar-refractivity contribution >= 4 is 17.3 Å². The molecular weight excluding hydrogens is 378 g/mol. The van der Waals surface area contributed by atoms with Gasteiger partial charge in [-0.3, -0.25) is 14.7 Å². The van der Waals surface area contributed by atoms with Gasteiger partial charge < -0.3 is 20.6 Å². The summed E-state index contributed by atoms with van der Waals surface area (Å²) in [6.07, 6.45) is 9.42. The van der Waals surface area contributed by atoms with Gasteiger partial charge >= 0.3 is 0 Å². The molecule has 1 aromatic rings. The average Bonchev–Trinajstić information content (AvgIpc) is 2.78. The van der Waals surface area contributed by atoms with Crippen molar-refractivity contribution in [1.29, 1.82) is 0 Å². The lowest BCUT2D eigenvalue weighted by atomic mass is 10.0. The molecule has 0 aliphatic carbocycles. The lowest BCUT2D eigenvalue weighted by Gasteiger charge is -2.28. The zero-order valence-corrected chi connectivity index (χ0v) is 17.0. The van der Waals surface area contributed by atoms with Crippen LogP contribution in [0.3, 0.4) is 0 Å². The van der Waals surface area contributed by atoms with Gasteiger partial charge in [-0.15, -0.1) is 5.73 Å². The number of benzene rings is 1. The SMILES string of the molecule is O=C1NCCN(CCCCO)CCN=C2C=CN3C=C=CC(=C3N2)c2cccc1c2. The molecule has 4 bridgehead atoms. The number of aliphatic hydroxyl groups excluding tert-OH is 1. The second kappa shape index (κ2) is 9.59. The second-order valence-corrected chi connectivity index (χ2v) is 7.43. The summed E-state index contributed by atoms with van der Waals surface area (Å²) in [4.78, 5) is 21.7. The summed E-state index contributed by atoms with van der Waals surface area (Å²) in [5, 5.41) is 15.5. The maximum Gasteiger partial charge on any atom is 0.251 e. The van der Waals surface area contributed by atoms with Crippen LogP contribution in [0.2, 0.25) is 0 Å². The highest BCUT2D eigenvalue weighted by Crippen LogP contribution is 2.26. The Balaban J connectivity index is 1.65. The molecule has 0 spiro atoms. The number of hydrogen-bond acceptors (Lipinski definition) is 6. The Morgan fingerprint density at radius 3 is 3.00 bits per heavy atom. The third-order valence-corrected chi connectivity index (χ3v) is 5.32. The molecule has 7 heteroatoms. The predicted molar refractivity (Wildman–Crippen MR) is 118 cm³/mol. The van der Waals surface area contributed by atoms with E-state index >= 15 is 0 Å². The molecule has 156 valence electrons. The first kappa shape index (κ1) is 20.2. The molecule has 0 saturated carbocycles. The molecule has 0 fully saturated rings. The van der Waals surface area contributed by atoms with Crippen LogP contribution in [0.5, 0.6) is 0 Å². The Labute approximate surface area is 176 Å². The summed E-state index contributed by atoms with van der Waals surface area (Å²) in [6, 6.07) is 7.65. The van der Waals surface area contributed by atoms with E-state index in [1.807, 2.05) is 53.7 Å². The number of nitrogens with one attached hydrogen (secondary N) is 2. The Morgan fingerprint density at radius 2 is 2.10 bits per heavy atom. The topological polar surface area (TPSA) is 80.2 Å². The van der Waals surface area contributed by atoms with E-state index in [1.165, 1.54) is 0 Å². The smallest absolute Gasteiger partial charge is 0.251 e. The molecule has 7 nitrogen and oxygen atoms in total. The van der Waals surface area contributed by atoms with Crippen LogP contribution in [-0.4, -0.2) is 66.0 Å². The van der Waals surface area contributed by atoms with Crippen molar-refractivity contribution in [3.8, 4) is 0 Å². The summed E-state index contributed by atoms with van der Waals surface area (Å²) in [5.74, 6) is 1.65. The zero-order valence-electron chi connectivity index (χ0n) is 17.0. The third kappa shape index (κ3) is 4.71. The van der Waals surface area contributed by atoms with Gasteiger partial charge in [-0.2, -0.15) is 0 Å². The second-order valence-electron chi connectivity index (χ2n) is 7.43. The Morgan fingerprint density at radius 1 is 1.20 bits per heavy atom. The monoisotopic (exact) mass is 405 g/mol. The molecule has 3 N–H and O–H groups in total. The number of unbranched alkanes of at least 4 members (excludes halogenated alkanes) is 1. The molecule has 0 radical (unpaired) electrons. The van der Waals surface area contributed by atoms with Crippen molar-refractivity contribution in [2.75, 3.05) is 39.3 Å². The standard InChI is InChI=1S/C23H27N5O2/c29-16-2-1-11-27-14-9-24-21-8-13-28-12-4-7-20(22(28)26-21)18-5-3-6-19(17-18)23(30)25-10-15-27/h3,5-8,12-13,17,29H,1-2,9-11,14-16H2,(H,24,26)(H,25,30). The molecule has 3 heterocycles. The molecule has 0 atom stereocenters. The molecule has 0 unspecified atom stereocenters. The van der Waals surface area contributed by atoms with Crippen LogP contribution in [0.1, 0.15) is 28.8 Å². The lowest BCUT2D eigenvalue weighted by molar-refractivity contribution is 0.0948. The normalized spacial score (nSPS) is 19.0. The first-order valence-electron chi connectivity index (χ1n) is 10.4. The van der Waals surface area contributed by atoms with E-state index in [0.717, 1.165) is 55.3 Å². The number of allylic oxidation sites excluding steroid dienone is 2. The first-order chi connectivity index (χ1) is 14.7. The molecule has 0 aromatic heterocycles. The first-order valence-corrected chi connectivity index (χ1v) is 10.4. The van der Waals surface area contributed by atoms with Crippen LogP contribution in [0.15, 0.2) is 65.4 Å². The quantitative estimate of drug-likeness (QED) is 0.525. The van der Waals surface area contributed by atoms with Crippen molar-refractivity contribution in [3.05, 3.63) is 71.5 Å². The van der Waals surface area contributed by atoms with Gasteiger partial charge in [0.15, 0.2) is 0 Å². The fourth-order valence-electron chi connectivity index (χ4n) is 3.70. The van der Waals surface area contributed by atoms with Gasteiger partial charge in [0.1, 0.15) is 11.7 Å². The lowest BCUT2D eigenvalue weighted by Crippen LogP contribution is -2.37. The maximum absolute atomic E-state index is 12.7. The highest BCUT2D eigenvalue weighted by Gasteiger charge is 2.20. The van der Waals surface area contributed by atoms with Crippen molar-refractivity contribution in [3.63, 3.8) is 0 Å². The highest BCUT2D eigenvalue weighted by atomic mass is 16.2. The molecule has 3 aliphatic heterocycles. The van der Waals surface area contributed by atoms with Crippen LogP contribution >= 0.6 is 0 Å². The van der Waals surface area contributed by atoms with Crippen LogP contribution in [-0.2, 0) is 0 Å². The number of carbonyl (C=O) groups excluding carboxylic acids is 1. The van der Waals surface area contributed by atoms with E-state index < -0.39 is 0 Å². The van der Waals surface area contributed by atoms with Crippen molar-refractivity contribution in [2.45, 2.75) is 12.8 Å². The number of amidine groups is 1. The van der Waals surface area contributed by atoms with E-state index in [4.69, 9.17) is 10.1 Å². The zero-order chi connectivity index (χ0) is 20.8. The highest BCUT2D eigenvalue weighted by molar-refractivity contribution is 5.98. The van der Waals surface area contributed by atoms with Crippen LogP contribution in [0.4, 0.5) is 0 Å². The number of amides is 1. The van der Waals surface area contributed by atoms with Crippen LogP contribution < -0.4 is 10.6 Å². The fourth-order valence-corrected chi connectivity index (χ4v) is 3.70. The predicted octanol–water partition coefficient (Wildman–Crippen LogP) is 1.67. The van der Waals surface area contributed by atoms with E-state index in [2.05, 4.69) is 21.3 Å². The van der Waals surface area contributed by atoms with Gasteiger partial charge in [0.05, 0.1) is 12.7 Å². The number of hydrogen-bond donors (Lipinski definition) is 3. The number of aliphatic imine (C=N–C) groups is 1. The summed E-state index contributed by atoms with van der Waals surface area (Å²) in [7, 11) is 0. The van der Waals surface area contributed by atoms with Gasteiger partial charge in [-0.1, -0.05) is 12.1 Å². The van der Waals surface area contributed by atoms with Gasteiger partial charge in [0.25, 0.3) is 5.91 Å². The van der Waals surface area contributed by atoms with Gasteiger partial charge in [-0.05, 0) is 49.2 Å². The minimum atomic E-state index is -0.0757. The minimum Gasteiger partial charge on any atom is -0.396 e. The number of carbonyl (C=O) groups is 1. The Kier molecular flexibility index (Phi) is 6.44. The minimum absolute atomic E-state index is 0.0757. The molecule has 0 saturated heterocycles. The average molecular weight is 406 g/mol. The van der Waals surface area contributed by atoms with Crippen LogP contribution in [0, 0.1) is 0 Å². The number of aliphatic hydroxyl groups is 1. The van der Waals surface area contributed by atoms with E-state index in [9.17, 15) is 4.79 Å². The van der Waals surface area contributed by atoms with Crippen molar-refractivity contribution in [1.82, 2.24) is 20.4 Å². The van der Waals surface area contributed by atoms with Gasteiger partial charge in [0.2, 0.25) is 0 Å². The fraction of sp³-hybridized carbons (Fsp3) is 0.348. The Bertz CT molecular complexity index is 956. The molecular formula is C23H27N5O2. The largest absolute Gasteiger partial charge is 0.396 e. The Hall–Kier alpha value is -3.12. The molecule has 4 rings (SSSR count). The van der Waals surface area contributed by atoms with E-state index in [1.54, 1.807) is 0 Å². The molecule has 30 heavy (non-hydrogen) atoms. The summed E-state index contributed by atoms with van der Waals surface area (Å²) in [5.41, 5.74) is 5.72. The molecule has 1 aromatic carbocycles.